The number of aliphatic hydroxyl groups excluding tert-OH is 1. The predicted octanol–water partition coefficient (Wildman–Crippen LogP) is 4.60. The monoisotopic (exact) mass is 439 g/mol. The van der Waals surface area contributed by atoms with E-state index >= 15 is 0 Å². The summed E-state index contributed by atoms with van der Waals surface area (Å²) in [5, 5.41) is 11.2. The van der Waals surface area contributed by atoms with Gasteiger partial charge in [-0.15, -0.1) is 0 Å². The third-order valence-corrected chi connectivity index (χ3v) is 6.30. The van der Waals surface area contributed by atoms with Gasteiger partial charge in [0.25, 0.3) is 11.7 Å². The lowest BCUT2D eigenvalue weighted by Crippen LogP contribution is -2.40. The number of hydrogen-bond donors (Lipinski definition) is 1. The van der Waals surface area contributed by atoms with Crippen LogP contribution in [0.2, 0.25) is 0 Å². The predicted molar refractivity (Wildman–Crippen MR) is 117 cm³/mol. The molecule has 0 bridgehead atoms. The fourth-order valence-electron chi connectivity index (χ4n) is 4.73. The number of benzene rings is 2. The van der Waals surface area contributed by atoms with Gasteiger partial charge >= 0.3 is 0 Å². The number of likely N-dealkylation sites (tertiary alicyclic amines) is 1. The van der Waals surface area contributed by atoms with Crippen LogP contribution in [0.15, 0.2) is 48.0 Å². The molecule has 1 amide bonds. The van der Waals surface area contributed by atoms with E-state index < -0.39 is 23.5 Å². The van der Waals surface area contributed by atoms with Crippen LogP contribution in [0, 0.1) is 5.82 Å². The zero-order valence-electron chi connectivity index (χ0n) is 18.1. The zero-order valence-corrected chi connectivity index (χ0v) is 18.1. The highest BCUT2D eigenvalue weighted by Gasteiger charge is 2.49. The topological polar surface area (TPSA) is 76.1 Å². The van der Waals surface area contributed by atoms with Crippen LogP contribution in [0.25, 0.3) is 5.76 Å². The second-order valence-corrected chi connectivity index (χ2v) is 8.09. The normalized spacial score (nSPS) is 21.1. The second-order valence-electron chi connectivity index (χ2n) is 8.09. The third kappa shape index (κ3) is 3.72. The Balaban J connectivity index is 1.89. The minimum atomic E-state index is -0.993. The van der Waals surface area contributed by atoms with E-state index in [4.69, 9.17) is 9.47 Å². The number of ketones is 1. The molecule has 2 fully saturated rings. The molecule has 168 valence electrons. The molecule has 1 unspecified atom stereocenters. The lowest BCUT2D eigenvalue weighted by Gasteiger charge is -2.35. The summed E-state index contributed by atoms with van der Waals surface area (Å²) in [6, 6.07) is 9.60. The van der Waals surface area contributed by atoms with Crippen molar-refractivity contribution in [2.24, 2.45) is 0 Å². The average Bonchev–Trinajstić information content (AvgIpc) is 3.09. The Labute approximate surface area is 186 Å². The van der Waals surface area contributed by atoms with E-state index in [9.17, 15) is 19.1 Å². The van der Waals surface area contributed by atoms with Crippen molar-refractivity contribution < 1.29 is 28.6 Å². The molecule has 1 aliphatic carbocycles. The number of aliphatic hydroxyl groups is 1. The summed E-state index contributed by atoms with van der Waals surface area (Å²) in [5.74, 6) is -1.59. The quantitative estimate of drug-likeness (QED) is 0.419. The van der Waals surface area contributed by atoms with Crippen LogP contribution in [0.3, 0.4) is 0 Å². The number of ether oxygens (including phenoxy) is 2. The van der Waals surface area contributed by atoms with Gasteiger partial charge in [-0.1, -0.05) is 37.5 Å². The Morgan fingerprint density at radius 3 is 2.34 bits per heavy atom. The van der Waals surface area contributed by atoms with E-state index in [1.807, 2.05) is 0 Å². The molecule has 2 aliphatic rings. The summed E-state index contributed by atoms with van der Waals surface area (Å²) >= 11 is 0. The van der Waals surface area contributed by atoms with Crippen molar-refractivity contribution in [2.75, 3.05) is 14.2 Å². The minimum Gasteiger partial charge on any atom is -0.507 e. The number of hydrogen-bond acceptors (Lipinski definition) is 5. The highest BCUT2D eigenvalue weighted by Crippen LogP contribution is 2.44. The molecule has 1 N–H and O–H groups in total. The maximum Gasteiger partial charge on any atom is 0.295 e. The lowest BCUT2D eigenvalue weighted by molar-refractivity contribution is -0.141. The van der Waals surface area contributed by atoms with Crippen molar-refractivity contribution in [2.45, 2.75) is 44.2 Å². The number of rotatable bonds is 5. The molecule has 4 rings (SSSR count). The molecule has 6 nitrogen and oxygen atoms in total. The van der Waals surface area contributed by atoms with Gasteiger partial charge in [0.1, 0.15) is 11.6 Å². The highest BCUT2D eigenvalue weighted by atomic mass is 19.1. The van der Waals surface area contributed by atoms with Crippen molar-refractivity contribution in [3.63, 3.8) is 0 Å². The van der Waals surface area contributed by atoms with Gasteiger partial charge in [-0.3, -0.25) is 9.59 Å². The van der Waals surface area contributed by atoms with Crippen LogP contribution in [-0.4, -0.2) is 42.0 Å². The van der Waals surface area contributed by atoms with Crippen molar-refractivity contribution in [1.82, 2.24) is 4.90 Å². The maximum atomic E-state index is 14.9. The molecule has 0 aromatic heterocycles. The van der Waals surface area contributed by atoms with Gasteiger partial charge in [-0.2, -0.15) is 0 Å². The molecule has 0 radical (unpaired) electrons. The third-order valence-electron chi connectivity index (χ3n) is 6.30. The van der Waals surface area contributed by atoms with E-state index in [-0.39, 0.29) is 28.5 Å². The van der Waals surface area contributed by atoms with E-state index in [0.717, 1.165) is 32.1 Å². The van der Waals surface area contributed by atoms with Crippen molar-refractivity contribution in [3.05, 3.63) is 65.0 Å². The SMILES string of the molecule is COc1ccc(/C(O)=C2\C(=O)C(=O)N(C3CCCCC3)C2c2ccccc2F)cc1OC. The standard InChI is InChI=1S/C25H26FNO5/c1-31-19-13-12-15(14-20(19)32-2)23(28)21-22(17-10-6-7-11-18(17)26)27(25(30)24(21)29)16-8-4-3-5-9-16/h6-7,10-14,16,22,28H,3-5,8-9H2,1-2H3/b23-21+. The second kappa shape index (κ2) is 9.02. The number of carbonyl (C=O) groups excluding carboxylic acids is 2. The van der Waals surface area contributed by atoms with Crippen LogP contribution in [-0.2, 0) is 9.59 Å². The van der Waals surface area contributed by atoms with Gasteiger partial charge in [-0.05, 0) is 37.1 Å². The first kappa shape index (κ1) is 21.9. The maximum absolute atomic E-state index is 14.9. The minimum absolute atomic E-state index is 0.113. The van der Waals surface area contributed by atoms with E-state index in [2.05, 4.69) is 0 Å². The number of nitrogens with zero attached hydrogens (tertiary/aromatic N) is 1. The fourth-order valence-corrected chi connectivity index (χ4v) is 4.73. The molecule has 7 heteroatoms. The molecule has 1 heterocycles. The molecule has 2 aromatic carbocycles. The van der Waals surface area contributed by atoms with Crippen LogP contribution >= 0.6 is 0 Å². The molecule has 1 saturated heterocycles. The zero-order chi connectivity index (χ0) is 22.8. The number of methoxy groups -OCH3 is 2. The molecule has 2 aromatic rings. The summed E-state index contributed by atoms with van der Waals surface area (Å²) in [4.78, 5) is 27.8. The van der Waals surface area contributed by atoms with Crippen LogP contribution in [0.4, 0.5) is 4.39 Å². The molecule has 1 atom stereocenters. The number of Topliss-reactive ketones (excluding diaryl/α,β-unsaturated/α-hetero) is 1. The Hall–Kier alpha value is -3.35. The average molecular weight is 439 g/mol. The Kier molecular flexibility index (Phi) is 6.17. The number of amides is 1. The van der Waals surface area contributed by atoms with Crippen molar-refractivity contribution in [1.29, 1.82) is 0 Å². The fraction of sp³-hybridized carbons (Fsp3) is 0.360. The number of carbonyl (C=O) groups is 2. The lowest BCUT2D eigenvalue weighted by atomic mass is 9.90. The van der Waals surface area contributed by atoms with Gasteiger partial charge in [0.2, 0.25) is 0 Å². The summed E-state index contributed by atoms with van der Waals surface area (Å²) < 4.78 is 25.4. The Bertz CT molecular complexity index is 1070. The first-order chi connectivity index (χ1) is 15.5. The molecule has 1 aliphatic heterocycles. The van der Waals surface area contributed by atoms with Crippen LogP contribution in [0.5, 0.6) is 11.5 Å². The summed E-state index contributed by atoms with van der Waals surface area (Å²) in [7, 11) is 2.95. The van der Waals surface area contributed by atoms with E-state index in [0.29, 0.717) is 11.5 Å². The van der Waals surface area contributed by atoms with Gasteiger partial charge in [0, 0.05) is 17.2 Å². The van der Waals surface area contributed by atoms with Gasteiger partial charge in [0.05, 0.1) is 25.8 Å². The smallest absolute Gasteiger partial charge is 0.295 e. The van der Waals surface area contributed by atoms with Crippen LogP contribution < -0.4 is 9.47 Å². The van der Waals surface area contributed by atoms with Crippen LogP contribution in [0.1, 0.15) is 49.3 Å². The molecular weight excluding hydrogens is 413 g/mol. The van der Waals surface area contributed by atoms with E-state index in [1.54, 1.807) is 30.3 Å². The molecule has 0 spiro atoms. The highest BCUT2D eigenvalue weighted by molar-refractivity contribution is 6.46. The first-order valence-electron chi connectivity index (χ1n) is 10.7. The molecular formula is C25H26FNO5. The summed E-state index contributed by atoms with van der Waals surface area (Å²) in [6.45, 7) is 0. The van der Waals surface area contributed by atoms with Gasteiger partial charge in [-0.25, -0.2) is 4.39 Å². The largest absolute Gasteiger partial charge is 0.507 e. The Morgan fingerprint density at radius 1 is 1.00 bits per heavy atom. The Morgan fingerprint density at radius 2 is 1.69 bits per heavy atom. The molecule has 1 saturated carbocycles. The van der Waals surface area contributed by atoms with Crippen molar-refractivity contribution >= 4 is 17.4 Å². The van der Waals surface area contributed by atoms with Gasteiger partial charge < -0.3 is 19.5 Å². The van der Waals surface area contributed by atoms with Gasteiger partial charge in [0.15, 0.2) is 11.5 Å². The summed E-state index contributed by atoms with van der Waals surface area (Å²) in [5.41, 5.74) is 0.364. The van der Waals surface area contributed by atoms with E-state index in [1.165, 1.54) is 31.3 Å². The van der Waals surface area contributed by atoms with Crippen molar-refractivity contribution in [3.8, 4) is 11.5 Å². The first-order valence-corrected chi connectivity index (χ1v) is 10.7. The molecule has 32 heavy (non-hydrogen) atoms. The number of halogens is 1. The summed E-state index contributed by atoms with van der Waals surface area (Å²) in [6.07, 6.45) is 4.43.